The molecular weight excluding hydrogens is 320 g/mol. The molecule has 3 rings (SSSR count). The van der Waals surface area contributed by atoms with E-state index in [1.54, 1.807) is 28.6 Å². The summed E-state index contributed by atoms with van der Waals surface area (Å²) in [5.41, 5.74) is 0. The summed E-state index contributed by atoms with van der Waals surface area (Å²) in [5, 5.41) is 0.558. The van der Waals surface area contributed by atoms with E-state index < -0.39 is 10.0 Å². The van der Waals surface area contributed by atoms with Crippen LogP contribution in [0, 0.1) is 0 Å². The zero-order valence-corrected chi connectivity index (χ0v) is 14.3. The van der Waals surface area contributed by atoms with Crippen molar-refractivity contribution in [1.82, 2.24) is 9.21 Å². The molecule has 122 valence electrons. The second-order valence-corrected chi connectivity index (χ2v) is 8.56. The van der Waals surface area contributed by atoms with Crippen molar-refractivity contribution >= 4 is 21.6 Å². The van der Waals surface area contributed by atoms with Gasteiger partial charge in [-0.2, -0.15) is 4.31 Å². The SMILES string of the molecule is O=S(=O)(c1ccc(Cl)cc1)N1CCC(N2CCCCC2)CC1. The molecule has 4 nitrogen and oxygen atoms in total. The average Bonchev–Trinajstić information content (AvgIpc) is 2.56. The van der Waals surface area contributed by atoms with E-state index in [4.69, 9.17) is 11.6 Å². The van der Waals surface area contributed by atoms with E-state index in [1.807, 2.05) is 0 Å². The Balaban J connectivity index is 1.63. The van der Waals surface area contributed by atoms with Crippen molar-refractivity contribution in [3.63, 3.8) is 0 Å². The van der Waals surface area contributed by atoms with E-state index in [0.717, 1.165) is 12.8 Å². The summed E-state index contributed by atoms with van der Waals surface area (Å²) in [6.07, 6.45) is 5.77. The van der Waals surface area contributed by atoms with Crippen LogP contribution in [0.5, 0.6) is 0 Å². The van der Waals surface area contributed by atoms with Crippen molar-refractivity contribution < 1.29 is 8.42 Å². The first-order valence-corrected chi connectivity index (χ1v) is 9.89. The zero-order chi connectivity index (χ0) is 15.6. The Labute approximate surface area is 138 Å². The number of benzene rings is 1. The predicted octanol–water partition coefficient (Wildman–Crippen LogP) is 2.98. The van der Waals surface area contributed by atoms with Gasteiger partial charge in [0, 0.05) is 24.2 Å². The Kier molecular flexibility index (Phi) is 5.07. The van der Waals surface area contributed by atoms with Crippen LogP contribution in [0.1, 0.15) is 32.1 Å². The number of halogens is 1. The van der Waals surface area contributed by atoms with Crippen molar-refractivity contribution in [3.8, 4) is 0 Å². The van der Waals surface area contributed by atoms with Gasteiger partial charge in [-0.05, 0) is 63.0 Å². The number of hydrogen-bond acceptors (Lipinski definition) is 3. The molecule has 1 aromatic rings. The third-order valence-corrected chi connectivity index (χ3v) is 6.95. The Morgan fingerprint density at radius 2 is 1.50 bits per heavy atom. The van der Waals surface area contributed by atoms with E-state index in [1.165, 1.54) is 32.4 Å². The monoisotopic (exact) mass is 342 g/mol. The van der Waals surface area contributed by atoms with Gasteiger partial charge in [-0.1, -0.05) is 18.0 Å². The van der Waals surface area contributed by atoms with Gasteiger partial charge in [0.05, 0.1) is 4.90 Å². The van der Waals surface area contributed by atoms with Crippen LogP contribution in [0.25, 0.3) is 0 Å². The molecule has 0 N–H and O–H groups in total. The van der Waals surface area contributed by atoms with E-state index >= 15 is 0 Å². The van der Waals surface area contributed by atoms with Crippen molar-refractivity contribution in [2.24, 2.45) is 0 Å². The number of piperidine rings is 2. The van der Waals surface area contributed by atoms with Gasteiger partial charge in [-0.25, -0.2) is 8.42 Å². The first kappa shape index (κ1) is 16.2. The van der Waals surface area contributed by atoms with E-state index in [0.29, 0.717) is 29.0 Å². The van der Waals surface area contributed by atoms with Crippen LogP contribution in [0.4, 0.5) is 0 Å². The van der Waals surface area contributed by atoms with Gasteiger partial charge < -0.3 is 4.90 Å². The molecule has 2 fully saturated rings. The maximum absolute atomic E-state index is 12.7. The maximum Gasteiger partial charge on any atom is 0.243 e. The van der Waals surface area contributed by atoms with Gasteiger partial charge >= 0.3 is 0 Å². The van der Waals surface area contributed by atoms with Crippen LogP contribution >= 0.6 is 11.6 Å². The minimum Gasteiger partial charge on any atom is -0.300 e. The lowest BCUT2D eigenvalue weighted by atomic mass is 10.0. The molecule has 2 aliphatic rings. The van der Waals surface area contributed by atoms with E-state index in [9.17, 15) is 8.42 Å². The molecule has 0 atom stereocenters. The van der Waals surface area contributed by atoms with E-state index in [-0.39, 0.29) is 0 Å². The highest BCUT2D eigenvalue weighted by Crippen LogP contribution is 2.25. The summed E-state index contributed by atoms with van der Waals surface area (Å²) < 4.78 is 26.9. The molecule has 0 saturated carbocycles. The minimum atomic E-state index is -3.38. The molecule has 0 amide bonds. The number of sulfonamides is 1. The normalized spacial score (nSPS) is 22.8. The van der Waals surface area contributed by atoms with Gasteiger partial charge in [0.25, 0.3) is 0 Å². The third kappa shape index (κ3) is 3.48. The van der Waals surface area contributed by atoms with Crippen molar-refractivity contribution in [2.45, 2.75) is 43.0 Å². The highest BCUT2D eigenvalue weighted by molar-refractivity contribution is 7.89. The summed E-state index contributed by atoms with van der Waals surface area (Å²) in [6, 6.07) is 7.00. The smallest absolute Gasteiger partial charge is 0.243 e. The van der Waals surface area contributed by atoms with Crippen LogP contribution in [-0.2, 0) is 10.0 Å². The summed E-state index contributed by atoms with van der Waals surface area (Å²) in [6.45, 7) is 3.58. The molecule has 2 heterocycles. The number of rotatable bonds is 3. The first-order chi connectivity index (χ1) is 10.6. The fourth-order valence-electron chi connectivity index (χ4n) is 3.49. The van der Waals surface area contributed by atoms with Crippen LogP contribution in [-0.4, -0.2) is 49.8 Å². The molecule has 2 aliphatic heterocycles. The Morgan fingerprint density at radius 3 is 2.09 bits per heavy atom. The van der Waals surface area contributed by atoms with Gasteiger partial charge in [-0.3, -0.25) is 0 Å². The quantitative estimate of drug-likeness (QED) is 0.848. The number of hydrogen-bond donors (Lipinski definition) is 0. The summed E-state index contributed by atoms with van der Waals surface area (Å²) in [5.74, 6) is 0. The molecule has 1 aromatic carbocycles. The van der Waals surface area contributed by atoms with E-state index in [2.05, 4.69) is 4.90 Å². The second-order valence-electron chi connectivity index (χ2n) is 6.19. The standard InChI is InChI=1S/C16H23ClN2O2S/c17-14-4-6-16(7-5-14)22(20,21)19-12-8-15(9-13-19)18-10-2-1-3-11-18/h4-7,15H,1-3,8-13H2. The zero-order valence-electron chi connectivity index (χ0n) is 12.7. The lowest BCUT2D eigenvalue weighted by Gasteiger charge is -2.39. The minimum absolute atomic E-state index is 0.341. The van der Waals surface area contributed by atoms with Crippen molar-refractivity contribution in [3.05, 3.63) is 29.3 Å². The molecule has 0 spiro atoms. The van der Waals surface area contributed by atoms with Crippen LogP contribution in [0.2, 0.25) is 5.02 Å². The molecule has 22 heavy (non-hydrogen) atoms. The summed E-state index contributed by atoms with van der Waals surface area (Å²) >= 11 is 5.84. The summed E-state index contributed by atoms with van der Waals surface area (Å²) in [7, 11) is -3.38. The third-order valence-electron chi connectivity index (χ3n) is 4.78. The van der Waals surface area contributed by atoms with Crippen LogP contribution in [0.15, 0.2) is 29.2 Å². The Morgan fingerprint density at radius 1 is 0.909 bits per heavy atom. The van der Waals surface area contributed by atoms with Gasteiger partial charge in [0.1, 0.15) is 0 Å². The van der Waals surface area contributed by atoms with Crippen LogP contribution in [0.3, 0.4) is 0 Å². The fraction of sp³-hybridized carbons (Fsp3) is 0.625. The van der Waals surface area contributed by atoms with Gasteiger partial charge in [-0.15, -0.1) is 0 Å². The largest absolute Gasteiger partial charge is 0.300 e. The highest BCUT2D eigenvalue weighted by atomic mass is 35.5. The lowest BCUT2D eigenvalue weighted by Crippen LogP contribution is -2.48. The molecule has 2 saturated heterocycles. The Bertz CT molecular complexity index is 589. The fourth-order valence-corrected chi connectivity index (χ4v) is 5.08. The van der Waals surface area contributed by atoms with Gasteiger partial charge in [0.2, 0.25) is 10.0 Å². The topological polar surface area (TPSA) is 40.6 Å². The average molecular weight is 343 g/mol. The highest BCUT2D eigenvalue weighted by Gasteiger charge is 2.31. The second kappa shape index (κ2) is 6.87. The Hall–Kier alpha value is -0.620. The summed E-state index contributed by atoms with van der Waals surface area (Å²) in [4.78, 5) is 2.89. The lowest BCUT2D eigenvalue weighted by molar-refractivity contribution is 0.118. The van der Waals surface area contributed by atoms with Crippen molar-refractivity contribution in [2.75, 3.05) is 26.2 Å². The maximum atomic E-state index is 12.7. The van der Waals surface area contributed by atoms with Crippen LogP contribution < -0.4 is 0 Å². The van der Waals surface area contributed by atoms with Gasteiger partial charge in [0.15, 0.2) is 0 Å². The number of likely N-dealkylation sites (tertiary alicyclic amines) is 1. The molecule has 0 aromatic heterocycles. The molecule has 0 bridgehead atoms. The first-order valence-electron chi connectivity index (χ1n) is 8.07. The molecule has 6 heteroatoms. The number of nitrogens with zero attached hydrogens (tertiary/aromatic N) is 2. The predicted molar refractivity (Wildman–Crippen MR) is 88.7 cm³/mol. The molecule has 0 aliphatic carbocycles. The van der Waals surface area contributed by atoms with Crippen molar-refractivity contribution in [1.29, 1.82) is 0 Å². The molecule has 0 unspecified atom stereocenters. The molecule has 0 radical (unpaired) electrons. The molecular formula is C16H23ClN2O2S.